The first-order chi connectivity index (χ1) is 9.49. The van der Waals surface area contributed by atoms with Crippen LogP contribution in [-0.2, 0) is 9.53 Å². The number of carboxylic acids is 1. The van der Waals surface area contributed by atoms with Crippen LogP contribution in [0.25, 0.3) is 0 Å². The minimum Gasteiger partial charge on any atom is -0.494 e. The van der Waals surface area contributed by atoms with E-state index in [0.29, 0.717) is 29.9 Å². The van der Waals surface area contributed by atoms with Crippen LogP contribution in [0.15, 0.2) is 50.6 Å². The van der Waals surface area contributed by atoms with Crippen LogP contribution >= 0.6 is 22.6 Å². The Labute approximate surface area is 130 Å². The second kappa shape index (κ2) is 4.47. The lowest BCUT2D eigenvalue weighted by Crippen LogP contribution is -2.33. The Bertz CT molecular complexity index is 639. The topological polar surface area (TPSA) is 62.1 Å². The molecule has 20 heavy (non-hydrogen) atoms. The van der Waals surface area contributed by atoms with Gasteiger partial charge in [0.1, 0.15) is 20.6 Å². The summed E-state index contributed by atoms with van der Waals surface area (Å²) in [4.78, 5) is 11.5. The van der Waals surface area contributed by atoms with Gasteiger partial charge in [-0.05, 0) is 59.2 Å². The first-order valence-corrected chi connectivity index (χ1v) is 7.23. The second-order valence-electron chi connectivity index (χ2n) is 4.93. The Hall–Kier alpha value is -1.57. The predicted octanol–water partition coefficient (Wildman–Crippen LogP) is 2.78. The summed E-state index contributed by atoms with van der Waals surface area (Å²) in [5, 5.41) is 15.7. The summed E-state index contributed by atoms with van der Waals surface area (Å²) >= 11 is 2.16. The zero-order chi connectivity index (χ0) is 14.5. The zero-order valence-electron chi connectivity index (χ0n) is 10.9. The van der Waals surface area contributed by atoms with Crippen molar-refractivity contribution in [2.45, 2.75) is 12.8 Å². The van der Waals surface area contributed by atoms with E-state index in [0.717, 1.165) is 9.40 Å². The normalized spacial score (nSPS) is 23.1. The molecule has 0 aromatic heterocycles. The molecule has 0 spiro atoms. The van der Waals surface area contributed by atoms with Crippen molar-refractivity contribution in [1.29, 1.82) is 0 Å². The number of carbonyl (C=O) groups is 1. The molecule has 1 saturated carbocycles. The van der Waals surface area contributed by atoms with Gasteiger partial charge in [0.2, 0.25) is 0 Å². The monoisotopic (exact) mass is 384 g/mol. The average molecular weight is 384 g/mol. The van der Waals surface area contributed by atoms with Crippen molar-refractivity contribution < 1.29 is 14.6 Å². The van der Waals surface area contributed by atoms with Crippen LogP contribution in [-0.4, -0.2) is 28.9 Å². The number of hydrogen-bond acceptors (Lipinski definition) is 4. The molecule has 104 valence electrons. The van der Waals surface area contributed by atoms with Gasteiger partial charge in [0.25, 0.3) is 0 Å². The van der Waals surface area contributed by atoms with E-state index in [-0.39, 0.29) is 0 Å². The molecule has 0 aromatic rings. The van der Waals surface area contributed by atoms with E-state index in [2.05, 4.69) is 34.3 Å². The van der Waals surface area contributed by atoms with Crippen molar-refractivity contribution in [1.82, 2.24) is 5.01 Å². The first-order valence-electron chi connectivity index (χ1n) is 6.15. The Morgan fingerprint density at radius 1 is 1.55 bits per heavy atom. The van der Waals surface area contributed by atoms with E-state index in [1.54, 1.807) is 12.1 Å². The van der Waals surface area contributed by atoms with E-state index in [4.69, 9.17) is 4.74 Å². The molecule has 3 rings (SSSR count). The molecule has 0 saturated heterocycles. The standard InChI is InChI=1S/C14H13IN2O3/c1-8-7-9-10(20-2)3-4-11(15)17(9)16-12(8)14(5-6-14)13(18)19/h3-4,7H,1,5-6H2,2H3,(H,18,19). The molecule has 3 aliphatic rings. The molecule has 0 atom stereocenters. The molecule has 1 N–H and O–H groups in total. The van der Waals surface area contributed by atoms with Crippen molar-refractivity contribution in [2.24, 2.45) is 10.5 Å². The number of aliphatic carboxylic acids is 1. The van der Waals surface area contributed by atoms with Gasteiger partial charge in [-0.25, -0.2) is 5.01 Å². The zero-order valence-corrected chi connectivity index (χ0v) is 13.0. The van der Waals surface area contributed by atoms with E-state index in [9.17, 15) is 9.90 Å². The number of rotatable bonds is 3. The van der Waals surface area contributed by atoms with Crippen molar-refractivity contribution >= 4 is 34.3 Å². The smallest absolute Gasteiger partial charge is 0.315 e. The Morgan fingerprint density at radius 3 is 2.80 bits per heavy atom. The minimum atomic E-state index is -0.857. The highest BCUT2D eigenvalue weighted by molar-refractivity contribution is 14.1. The van der Waals surface area contributed by atoms with Crippen LogP contribution in [0.1, 0.15) is 12.8 Å². The molecule has 2 aliphatic heterocycles. The van der Waals surface area contributed by atoms with Crippen molar-refractivity contribution in [3.05, 3.63) is 45.5 Å². The highest BCUT2D eigenvalue weighted by Gasteiger charge is 2.56. The number of allylic oxidation sites excluding steroid dienone is 4. The third-order valence-electron chi connectivity index (χ3n) is 3.70. The maximum absolute atomic E-state index is 11.5. The van der Waals surface area contributed by atoms with E-state index in [1.165, 1.54) is 0 Å². The van der Waals surface area contributed by atoms with Crippen LogP contribution in [0.4, 0.5) is 0 Å². The van der Waals surface area contributed by atoms with Crippen molar-refractivity contribution in [2.75, 3.05) is 7.11 Å². The molecule has 5 nitrogen and oxygen atoms in total. The Balaban J connectivity index is 2.04. The van der Waals surface area contributed by atoms with Gasteiger partial charge in [0.15, 0.2) is 0 Å². The summed E-state index contributed by atoms with van der Waals surface area (Å²) in [6.45, 7) is 3.97. The van der Waals surface area contributed by atoms with E-state index >= 15 is 0 Å². The molecule has 0 amide bonds. The summed E-state index contributed by atoms with van der Waals surface area (Å²) < 4.78 is 6.21. The molecule has 0 unspecified atom stereocenters. The molecule has 6 heteroatoms. The number of halogens is 1. The molecular weight excluding hydrogens is 371 g/mol. The van der Waals surface area contributed by atoms with Crippen molar-refractivity contribution in [3.63, 3.8) is 0 Å². The van der Waals surface area contributed by atoms with Gasteiger partial charge >= 0.3 is 5.97 Å². The first kappa shape index (κ1) is 13.4. The van der Waals surface area contributed by atoms with Crippen LogP contribution in [0.3, 0.4) is 0 Å². The third kappa shape index (κ3) is 1.81. The predicted molar refractivity (Wildman–Crippen MR) is 83.0 cm³/mol. The maximum Gasteiger partial charge on any atom is 0.315 e. The lowest BCUT2D eigenvalue weighted by atomic mass is 9.92. The fourth-order valence-electron chi connectivity index (χ4n) is 2.40. The molecule has 0 radical (unpaired) electrons. The summed E-state index contributed by atoms with van der Waals surface area (Å²) in [6, 6.07) is 0. The molecule has 1 aliphatic carbocycles. The van der Waals surface area contributed by atoms with Gasteiger partial charge in [0, 0.05) is 0 Å². The second-order valence-corrected chi connectivity index (χ2v) is 6.03. The van der Waals surface area contributed by atoms with Crippen LogP contribution in [0.5, 0.6) is 0 Å². The number of ether oxygens (including phenoxy) is 1. The highest BCUT2D eigenvalue weighted by Crippen LogP contribution is 2.51. The minimum absolute atomic E-state index is 0.550. The molecule has 2 heterocycles. The van der Waals surface area contributed by atoms with Gasteiger partial charge in [-0.3, -0.25) is 4.79 Å². The highest BCUT2D eigenvalue weighted by atomic mass is 127. The lowest BCUT2D eigenvalue weighted by Gasteiger charge is -2.31. The van der Waals surface area contributed by atoms with Gasteiger partial charge in [-0.1, -0.05) is 6.58 Å². The summed E-state index contributed by atoms with van der Waals surface area (Å²) in [5.41, 5.74) is 1.12. The number of hydrogen-bond donors (Lipinski definition) is 1. The van der Waals surface area contributed by atoms with Gasteiger partial charge in [0.05, 0.1) is 12.8 Å². The fraction of sp³-hybridized carbons (Fsp3) is 0.286. The van der Waals surface area contributed by atoms with Crippen LogP contribution < -0.4 is 0 Å². The third-order valence-corrected chi connectivity index (χ3v) is 4.52. The van der Waals surface area contributed by atoms with E-state index < -0.39 is 11.4 Å². The fourth-order valence-corrected chi connectivity index (χ4v) is 2.95. The Kier molecular flexibility index (Phi) is 3.00. The van der Waals surface area contributed by atoms with Gasteiger partial charge < -0.3 is 9.84 Å². The van der Waals surface area contributed by atoms with Crippen LogP contribution in [0, 0.1) is 5.41 Å². The molecule has 0 bridgehead atoms. The summed E-state index contributed by atoms with van der Waals surface area (Å²) in [5.74, 6) is -0.137. The molecule has 1 fully saturated rings. The van der Waals surface area contributed by atoms with E-state index in [1.807, 2.05) is 18.2 Å². The maximum atomic E-state index is 11.5. The SMILES string of the molecule is C=C1C=C2C(OC)=CC=C(I)N2N=C1C1(C(=O)O)CC1. The number of fused-ring (bicyclic) bond motifs is 1. The number of carboxylic acid groups (broad SMARTS) is 1. The van der Waals surface area contributed by atoms with Gasteiger partial charge in [-0.15, -0.1) is 0 Å². The van der Waals surface area contributed by atoms with Gasteiger partial charge in [-0.2, -0.15) is 5.10 Å². The van der Waals surface area contributed by atoms with Crippen LogP contribution in [0.2, 0.25) is 0 Å². The number of hydrazone groups is 1. The molecular formula is C14H13IN2O3. The summed E-state index contributed by atoms with van der Waals surface area (Å²) in [6.07, 6.45) is 6.82. The molecule has 0 aromatic carbocycles. The number of nitrogens with zero attached hydrogens (tertiary/aromatic N) is 2. The average Bonchev–Trinajstić information content (AvgIpc) is 3.20. The lowest BCUT2D eigenvalue weighted by molar-refractivity contribution is -0.140. The Morgan fingerprint density at radius 2 is 2.25 bits per heavy atom. The van der Waals surface area contributed by atoms with Crippen molar-refractivity contribution in [3.8, 4) is 0 Å². The summed E-state index contributed by atoms with van der Waals surface area (Å²) in [7, 11) is 1.60. The quantitative estimate of drug-likeness (QED) is 0.601. The largest absolute Gasteiger partial charge is 0.494 e. The number of methoxy groups -OCH3 is 1.